The first-order valence-electron chi connectivity index (χ1n) is 9.09. The first-order valence-corrected chi connectivity index (χ1v) is 9.09. The fourth-order valence-corrected chi connectivity index (χ4v) is 3.75. The summed E-state index contributed by atoms with van der Waals surface area (Å²) in [4.78, 5) is 15.8. The molecule has 1 N–H and O–H groups in total. The Balaban J connectivity index is 1.29. The average Bonchev–Trinajstić information content (AvgIpc) is 2.99. The number of hydrogen-bond acceptors (Lipinski definition) is 5. The molecule has 2 aromatic heterocycles. The van der Waals surface area contributed by atoms with Crippen molar-refractivity contribution in [1.29, 1.82) is 0 Å². The number of likely N-dealkylation sites (tertiary alicyclic amines) is 1. The van der Waals surface area contributed by atoms with Gasteiger partial charge in [0, 0.05) is 56.6 Å². The average molecular weight is 326 g/mol. The van der Waals surface area contributed by atoms with Gasteiger partial charge in [-0.3, -0.25) is 4.90 Å². The molecule has 6 heteroatoms. The molecule has 0 bridgehead atoms. The maximum atomic E-state index is 4.83. The lowest BCUT2D eigenvalue weighted by molar-refractivity contribution is 0.209. The van der Waals surface area contributed by atoms with E-state index >= 15 is 0 Å². The van der Waals surface area contributed by atoms with Gasteiger partial charge in [0.2, 0.25) is 0 Å². The maximum absolute atomic E-state index is 4.83. The molecule has 6 nitrogen and oxygen atoms in total. The minimum Gasteiger partial charge on any atom is -0.367 e. The van der Waals surface area contributed by atoms with Gasteiger partial charge in [-0.05, 0) is 32.6 Å². The van der Waals surface area contributed by atoms with Gasteiger partial charge in [0.25, 0.3) is 0 Å². The quantitative estimate of drug-likeness (QED) is 0.935. The number of nitrogens with zero attached hydrogens (tertiary/aromatic N) is 5. The van der Waals surface area contributed by atoms with Crippen LogP contribution in [0.3, 0.4) is 0 Å². The number of piperidine rings is 1. The first kappa shape index (κ1) is 15.6. The number of rotatable bonds is 4. The van der Waals surface area contributed by atoms with Crippen LogP contribution in [0.5, 0.6) is 0 Å². The largest absolute Gasteiger partial charge is 0.367 e. The zero-order chi connectivity index (χ0) is 16.4. The van der Waals surface area contributed by atoms with Crippen molar-refractivity contribution in [2.24, 2.45) is 0 Å². The lowest BCUT2D eigenvalue weighted by Gasteiger charge is -2.32. The van der Waals surface area contributed by atoms with E-state index in [2.05, 4.69) is 30.9 Å². The minimum atomic E-state index is 0.505. The third-order valence-electron chi connectivity index (χ3n) is 5.09. The van der Waals surface area contributed by atoms with Crippen LogP contribution in [0.25, 0.3) is 0 Å². The molecule has 4 rings (SSSR count). The van der Waals surface area contributed by atoms with E-state index in [1.807, 2.05) is 13.0 Å². The highest BCUT2D eigenvalue weighted by Crippen LogP contribution is 2.19. The van der Waals surface area contributed by atoms with Crippen LogP contribution in [-0.2, 0) is 19.5 Å². The van der Waals surface area contributed by atoms with Gasteiger partial charge < -0.3 is 9.88 Å². The van der Waals surface area contributed by atoms with Crippen molar-refractivity contribution in [1.82, 2.24) is 24.4 Å². The Labute approximate surface area is 143 Å². The number of anilines is 1. The highest BCUT2D eigenvalue weighted by atomic mass is 15.2. The second-order valence-electron chi connectivity index (χ2n) is 7.04. The molecule has 2 aliphatic rings. The molecule has 1 fully saturated rings. The van der Waals surface area contributed by atoms with Crippen LogP contribution >= 0.6 is 0 Å². The fraction of sp³-hybridized carbons (Fsp3) is 0.611. The summed E-state index contributed by atoms with van der Waals surface area (Å²) >= 11 is 0. The molecular weight excluding hydrogens is 300 g/mol. The highest BCUT2D eigenvalue weighted by molar-refractivity contribution is 5.35. The minimum absolute atomic E-state index is 0.505. The van der Waals surface area contributed by atoms with E-state index in [-0.39, 0.29) is 0 Å². The van der Waals surface area contributed by atoms with Crippen LogP contribution in [-0.4, -0.2) is 43.6 Å². The van der Waals surface area contributed by atoms with E-state index in [0.29, 0.717) is 6.04 Å². The number of aryl methyl sites for hydroxylation is 3. The standard InChI is InChI=1S/C18H26N6/c1-14-10-17(20-13-19-14)21-15-5-8-23(9-6-15)11-16-12-24-7-3-2-4-18(24)22-16/h10,12-13,15H,2-9,11H2,1H3,(H,19,20,21). The highest BCUT2D eigenvalue weighted by Gasteiger charge is 2.21. The lowest BCUT2D eigenvalue weighted by atomic mass is 10.0. The first-order chi connectivity index (χ1) is 11.8. The van der Waals surface area contributed by atoms with E-state index in [1.54, 1.807) is 6.33 Å². The molecule has 0 aliphatic carbocycles. The SMILES string of the molecule is Cc1cc(NC2CCN(Cc3cn4c(n3)CCCC4)CC2)ncn1. The molecule has 0 spiro atoms. The number of nitrogens with one attached hydrogen (secondary N) is 1. The van der Waals surface area contributed by atoms with E-state index in [1.165, 1.54) is 24.4 Å². The van der Waals surface area contributed by atoms with Gasteiger partial charge >= 0.3 is 0 Å². The molecule has 0 saturated carbocycles. The third kappa shape index (κ3) is 3.59. The van der Waals surface area contributed by atoms with E-state index in [4.69, 9.17) is 4.98 Å². The Kier molecular flexibility index (Phi) is 4.47. The van der Waals surface area contributed by atoms with Gasteiger partial charge in [-0.1, -0.05) is 0 Å². The Hall–Kier alpha value is -1.95. The van der Waals surface area contributed by atoms with Crippen molar-refractivity contribution in [2.45, 2.75) is 58.2 Å². The smallest absolute Gasteiger partial charge is 0.129 e. The molecule has 0 unspecified atom stereocenters. The van der Waals surface area contributed by atoms with Gasteiger partial charge in [-0.25, -0.2) is 15.0 Å². The fourth-order valence-electron chi connectivity index (χ4n) is 3.75. The molecule has 1 saturated heterocycles. The molecule has 0 amide bonds. The van der Waals surface area contributed by atoms with E-state index < -0.39 is 0 Å². The van der Waals surface area contributed by atoms with Crippen molar-refractivity contribution in [3.05, 3.63) is 35.8 Å². The predicted molar refractivity (Wildman–Crippen MR) is 93.9 cm³/mol. The van der Waals surface area contributed by atoms with Gasteiger partial charge in [-0.15, -0.1) is 0 Å². The summed E-state index contributed by atoms with van der Waals surface area (Å²) < 4.78 is 2.35. The lowest BCUT2D eigenvalue weighted by Crippen LogP contribution is -2.38. The van der Waals surface area contributed by atoms with Crippen molar-refractivity contribution in [2.75, 3.05) is 18.4 Å². The zero-order valence-electron chi connectivity index (χ0n) is 14.4. The van der Waals surface area contributed by atoms with Gasteiger partial charge in [0.05, 0.1) is 5.69 Å². The van der Waals surface area contributed by atoms with Gasteiger partial charge in [0.15, 0.2) is 0 Å². The molecule has 2 aromatic rings. The second-order valence-corrected chi connectivity index (χ2v) is 7.04. The third-order valence-corrected chi connectivity index (χ3v) is 5.09. The molecule has 0 atom stereocenters. The Morgan fingerprint density at radius 3 is 2.83 bits per heavy atom. The van der Waals surface area contributed by atoms with E-state index in [0.717, 1.165) is 57.0 Å². The topological polar surface area (TPSA) is 58.9 Å². The van der Waals surface area contributed by atoms with Crippen LogP contribution in [0.1, 0.15) is 42.9 Å². The summed E-state index contributed by atoms with van der Waals surface area (Å²) in [5, 5.41) is 3.55. The maximum Gasteiger partial charge on any atom is 0.129 e. The number of fused-ring (bicyclic) bond motifs is 1. The summed E-state index contributed by atoms with van der Waals surface area (Å²) in [6.45, 7) is 6.36. The summed E-state index contributed by atoms with van der Waals surface area (Å²) in [5.41, 5.74) is 2.25. The summed E-state index contributed by atoms with van der Waals surface area (Å²) in [6, 6.07) is 2.52. The Morgan fingerprint density at radius 1 is 1.17 bits per heavy atom. The number of aromatic nitrogens is 4. The molecule has 128 valence electrons. The Morgan fingerprint density at radius 2 is 2.04 bits per heavy atom. The number of imidazole rings is 1. The number of hydrogen-bond donors (Lipinski definition) is 1. The predicted octanol–water partition coefficient (Wildman–Crippen LogP) is 2.39. The van der Waals surface area contributed by atoms with Crippen LogP contribution in [0.15, 0.2) is 18.6 Å². The van der Waals surface area contributed by atoms with Crippen molar-refractivity contribution in [3.8, 4) is 0 Å². The zero-order valence-corrected chi connectivity index (χ0v) is 14.4. The Bertz CT molecular complexity index is 663. The second kappa shape index (κ2) is 6.89. The summed E-state index contributed by atoms with van der Waals surface area (Å²) in [7, 11) is 0. The molecule has 2 aliphatic heterocycles. The van der Waals surface area contributed by atoms with Crippen molar-refractivity contribution >= 4 is 5.82 Å². The normalized spacial score (nSPS) is 19.2. The van der Waals surface area contributed by atoms with Crippen molar-refractivity contribution < 1.29 is 0 Å². The monoisotopic (exact) mass is 326 g/mol. The molecule has 0 aromatic carbocycles. The summed E-state index contributed by atoms with van der Waals surface area (Å²) in [6.07, 6.45) is 9.92. The molecule has 0 radical (unpaired) electrons. The van der Waals surface area contributed by atoms with Gasteiger partial charge in [0.1, 0.15) is 18.0 Å². The molecule has 24 heavy (non-hydrogen) atoms. The van der Waals surface area contributed by atoms with E-state index in [9.17, 15) is 0 Å². The van der Waals surface area contributed by atoms with Crippen LogP contribution in [0.4, 0.5) is 5.82 Å². The van der Waals surface area contributed by atoms with Crippen LogP contribution in [0, 0.1) is 6.92 Å². The molecular formula is C18H26N6. The van der Waals surface area contributed by atoms with Crippen LogP contribution in [0.2, 0.25) is 0 Å². The van der Waals surface area contributed by atoms with Crippen LogP contribution < -0.4 is 5.32 Å². The summed E-state index contributed by atoms with van der Waals surface area (Å²) in [5.74, 6) is 2.23. The van der Waals surface area contributed by atoms with Crippen molar-refractivity contribution in [3.63, 3.8) is 0 Å². The van der Waals surface area contributed by atoms with Gasteiger partial charge in [-0.2, -0.15) is 0 Å². The molecule has 4 heterocycles.